The van der Waals surface area contributed by atoms with Gasteiger partial charge in [0.15, 0.2) is 16.6 Å². The molecule has 0 radical (unpaired) electrons. The standard InChI is InChI=1S/C17H18N2O3S/c1-17(2,3)14-9-23-16(18-14)19-15(20)7-5-11-4-6-12-13(8-11)22-10-21-12/h4-9H,10H2,1-3H3,(H,18,19,20)/b7-5+. The van der Waals surface area contributed by atoms with Crippen LogP contribution in [0.5, 0.6) is 11.5 Å². The van der Waals surface area contributed by atoms with Crippen LogP contribution in [-0.2, 0) is 10.2 Å². The molecular weight excluding hydrogens is 312 g/mol. The molecule has 0 bridgehead atoms. The van der Waals surface area contributed by atoms with Crippen molar-refractivity contribution in [1.29, 1.82) is 0 Å². The van der Waals surface area contributed by atoms with Crippen LogP contribution in [0.15, 0.2) is 29.7 Å². The fourth-order valence-electron chi connectivity index (χ4n) is 2.01. The molecule has 0 saturated heterocycles. The number of aromatic nitrogens is 1. The third kappa shape index (κ3) is 3.71. The third-order valence-corrected chi connectivity index (χ3v) is 4.08. The van der Waals surface area contributed by atoms with Crippen molar-refractivity contribution < 1.29 is 14.3 Å². The number of ether oxygens (including phenoxy) is 2. The van der Waals surface area contributed by atoms with Gasteiger partial charge in [0.1, 0.15) is 0 Å². The topological polar surface area (TPSA) is 60.5 Å². The zero-order valence-electron chi connectivity index (χ0n) is 13.3. The van der Waals surface area contributed by atoms with Crippen molar-refractivity contribution in [3.8, 4) is 11.5 Å². The molecule has 0 saturated carbocycles. The summed E-state index contributed by atoms with van der Waals surface area (Å²) >= 11 is 1.43. The van der Waals surface area contributed by atoms with Gasteiger partial charge in [-0.25, -0.2) is 4.98 Å². The van der Waals surface area contributed by atoms with Crippen LogP contribution >= 0.6 is 11.3 Å². The highest BCUT2D eigenvalue weighted by molar-refractivity contribution is 7.14. The Morgan fingerprint density at radius 1 is 1.30 bits per heavy atom. The van der Waals surface area contributed by atoms with Gasteiger partial charge in [-0.1, -0.05) is 26.8 Å². The smallest absolute Gasteiger partial charge is 0.250 e. The normalized spacial score (nSPS) is 13.5. The fourth-order valence-corrected chi connectivity index (χ4v) is 2.95. The second-order valence-electron chi connectivity index (χ2n) is 6.22. The molecule has 1 aliphatic rings. The first kappa shape index (κ1) is 15.6. The number of amides is 1. The molecule has 0 spiro atoms. The van der Waals surface area contributed by atoms with Crippen molar-refractivity contribution >= 4 is 28.5 Å². The number of nitrogens with zero attached hydrogens (tertiary/aromatic N) is 1. The molecule has 2 aromatic rings. The van der Waals surface area contributed by atoms with E-state index in [1.165, 1.54) is 17.4 Å². The highest BCUT2D eigenvalue weighted by Gasteiger charge is 2.17. The Bertz CT molecular complexity index is 759. The third-order valence-electron chi connectivity index (χ3n) is 3.33. The van der Waals surface area contributed by atoms with Gasteiger partial charge < -0.3 is 9.47 Å². The number of benzene rings is 1. The second kappa shape index (κ2) is 6.04. The van der Waals surface area contributed by atoms with E-state index in [1.54, 1.807) is 6.08 Å². The van der Waals surface area contributed by atoms with E-state index < -0.39 is 0 Å². The van der Waals surface area contributed by atoms with Gasteiger partial charge in [-0.15, -0.1) is 11.3 Å². The van der Waals surface area contributed by atoms with Crippen LogP contribution in [0.2, 0.25) is 0 Å². The lowest BCUT2D eigenvalue weighted by molar-refractivity contribution is -0.111. The van der Waals surface area contributed by atoms with E-state index >= 15 is 0 Å². The Labute approximate surface area is 139 Å². The van der Waals surface area contributed by atoms with Gasteiger partial charge in [0, 0.05) is 16.9 Å². The monoisotopic (exact) mass is 330 g/mol. The second-order valence-corrected chi connectivity index (χ2v) is 7.08. The Morgan fingerprint density at radius 3 is 2.83 bits per heavy atom. The molecule has 1 aromatic carbocycles. The van der Waals surface area contributed by atoms with Crippen LogP contribution in [0.4, 0.5) is 5.13 Å². The summed E-state index contributed by atoms with van der Waals surface area (Å²) in [5.74, 6) is 1.21. The van der Waals surface area contributed by atoms with Crippen molar-refractivity contribution in [2.24, 2.45) is 0 Å². The SMILES string of the molecule is CC(C)(C)c1csc(NC(=O)/C=C/c2ccc3c(c2)OCO3)n1. The highest BCUT2D eigenvalue weighted by Crippen LogP contribution is 2.32. The van der Waals surface area contributed by atoms with Gasteiger partial charge in [-0.3, -0.25) is 10.1 Å². The van der Waals surface area contributed by atoms with Crippen molar-refractivity contribution in [2.75, 3.05) is 12.1 Å². The van der Waals surface area contributed by atoms with Crippen LogP contribution < -0.4 is 14.8 Å². The average Bonchev–Trinajstić information content (AvgIpc) is 3.12. The minimum Gasteiger partial charge on any atom is -0.454 e. The van der Waals surface area contributed by atoms with Crippen molar-refractivity contribution in [2.45, 2.75) is 26.2 Å². The summed E-state index contributed by atoms with van der Waals surface area (Å²) in [6.07, 6.45) is 3.21. The van der Waals surface area contributed by atoms with Crippen molar-refractivity contribution in [3.63, 3.8) is 0 Å². The van der Waals surface area contributed by atoms with Gasteiger partial charge in [0.25, 0.3) is 0 Å². The number of nitrogens with one attached hydrogen (secondary N) is 1. The molecule has 1 amide bonds. The van der Waals surface area contributed by atoms with Crippen LogP contribution in [0.3, 0.4) is 0 Å². The van der Waals surface area contributed by atoms with Crippen LogP contribution in [0, 0.1) is 0 Å². The van der Waals surface area contributed by atoms with E-state index in [-0.39, 0.29) is 18.1 Å². The molecule has 0 fully saturated rings. The number of anilines is 1. The highest BCUT2D eigenvalue weighted by atomic mass is 32.1. The Hall–Kier alpha value is -2.34. The quantitative estimate of drug-likeness (QED) is 0.869. The molecule has 120 valence electrons. The summed E-state index contributed by atoms with van der Waals surface area (Å²) in [6.45, 7) is 6.51. The zero-order chi connectivity index (χ0) is 16.4. The Balaban J connectivity index is 1.64. The maximum absolute atomic E-state index is 12.0. The number of hydrogen-bond acceptors (Lipinski definition) is 5. The van der Waals surface area contributed by atoms with Crippen molar-refractivity contribution in [1.82, 2.24) is 4.98 Å². The molecule has 2 heterocycles. The predicted molar refractivity (Wildman–Crippen MR) is 91.0 cm³/mol. The summed E-state index contributed by atoms with van der Waals surface area (Å²) in [5, 5.41) is 5.36. The van der Waals surface area contributed by atoms with E-state index in [0.717, 1.165) is 17.0 Å². The van der Waals surface area contributed by atoms with Gasteiger partial charge >= 0.3 is 0 Å². The number of rotatable bonds is 3. The van der Waals surface area contributed by atoms with Gasteiger partial charge in [-0.05, 0) is 23.8 Å². The Morgan fingerprint density at radius 2 is 2.09 bits per heavy atom. The van der Waals surface area contributed by atoms with Gasteiger partial charge in [0.05, 0.1) is 5.69 Å². The van der Waals surface area contributed by atoms with E-state index in [9.17, 15) is 4.79 Å². The van der Waals surface area contributed by atoms with E-state index in [2.05, 4.69) is 31.1 Å². The van der Waals surface area contributed by atoms with E-state index in [0.29, 0.717) is 10.9 Å². The lowest BCUT2D eigenvalue weighted by atomic mass is 9.93. The maximum atomic E-state index is 12.0. The molecule has 1 N–H and O–H groups in total. The minimum absolute atomic E-state index is 0.0260. The molecule has 23 heavy (non-hydrogen) atoms. The Kier molecular flexibility index (Phi) is 4.09. The molecule has 3 rings (SSSR count). The molecule has 0 aliphatic carbocycles. The number of fused-ring (bicyclic) bond motifs is 1. The summed E-state index contributed by atoms with van der Waals surface area (Å²) in [5.41, 5.74) is 1.82. The van der Waals surface area contributed by atoms with E-state index in [4.69, 9.17) is 9.47 Å². The fraction of sp³-hybridized carbons (Fsp3) is 0.294. The van der Waals surface area contributed by atoms with Gasteiger partial charge in [0.2, 0.25) is 12.7 Å². The van der Waals surface area contributed by atoms with Gasteiger partial charge in [-0.2, -0.15) is 0 Å². The zero-order valence-corrected chi connectivity index (χ0v) is 14.1. The largest absolute Gasteiger partial charge is 0.454 e. The lowest BCUT2D eigenvalue weighted by Gasteiger charge is -2.14. The predicted octanol–water partition coefficient (Wildman–Crippen LogP) is 3.82. The van der Waals surface area contributed by atoms with Crippen LogP contribution in [0.1, 0.15) is 32.0 Å². The summed E-state index contributed by atoms with van der Waals surface area (Å²) in [4.78, 5) is 16.4. The lowest BCUT2D eigenvalue weighted by Crippen LogP contribution is -2.12. The molecule has 1 aliphatic heterocycles. The number of hydrogen-bond donors (Lipinski definition) is 1. The molecular formula is C17H18N2O3S. The van der Waals surface area contributed by atoms with Crippen LogP contribution in [0.25, 0.3) is 6.08 Å². The summed E-state index contributed by atoms with van der Waals surface area (Å²) < 4.78 is 10.6. The average molecular weight is 330 g/mol. The molecule has 5 nitrogen and oxygen atoms in total. The first-order valence-electron chi connectivity index (χ1n) is 7.26. The number of carbonyl (C=O) groups excluding carboxylic acids is 1. The molecule has 0 atom stereocenters. The summed E-state index contributed by atoms with van der Waals surface area (Å²) in [6, 6.07) is 5.54. The number of carbonyl (C=O) groups is 1. The maximum Gasteiger partial charge on any atom is 0.250 e. The first-order chi connectivity index (χ1) is 10.9. The van der Waals surface area contributed by atoms with E-state index in [1.807, 2.05) is 23.6 Å². The minimum atomic E-state index is -0.211. The number of thiazole rings is 1. The first-order valence-corrected chi connectivity index (χ1v) is 8.14. The molecule has 6 heteroatoms. The summed E-state index contributed by atoms with van der Waals surface area (Å²) in [7, 11) is 0. The van der Waals surface area contributed by atoms with Crippen LogP contribution in [-0.4, -0.2) is 17.7 Å². The molecule has 1 aromatic heterocycles. The molecule has 0 unspecified atom stereocenters. The van der Waals surface area contributed by atoms with Crippen molar-refractivity contribution in [3.05, 3.63) is 40.9 Å².